The van der Waals surface area contributed by atoms with Crippen LogP contribution in [0.25, 0.3) is 0 Å². The Labute approximate surface area is 437 Å². The van der Waals surface area contributed by atoms with Crippen molar-refractivity contribution >= 4 is 34.7 Å². The molecule has 0 fully saturated rings. The van der Waals surface area contributed by atoms with Gasteiger partial charge in [-0.05, 0) is 73.9 Å². The monoisotopic (exact) mass is 1010 g/mol. The van der Waals surface area contributed by atoms with E-state index >= 15 is 0 Å². The Kier molecular flexibility index (Phi) is 24.2. The number of carbonyl (C=O) groups is 6. The van der Waals surface area contributed by atoms with Crippen molar-refractivity contribution < 1.29 is 57.2 Å². The number of ketones is 6. The van der Waals surface area contributed by atoms with Crippen LogP contribution in [0, 0.1) is 11.3 Å². The Morgan fingerprint density at radius 1 is 0.392 bits per heavy atom. The van der Waals surface area contributed by atoms with E-state index in [1.54, 1.807) is 115 Å². The Bertz CT molecular complexity index is 2780. The molecule has 0 spiro atoms. The SMILES string of the molecule is C.C.C.CC.CCC(C(=O)c1ccccc1)C(=O)c1ccc2c(c1)OCCO2.CCC(CC)(C(=O)c1ccccc1)C(=O)c1ccc2c(c1)OCCO2.O=C(CC(=O)c1ccc2c(c1)OCCO2)c1ccccc1. The lowest BCUT2D eigenvalue weighted by molar-refractivity contribution is 0.0643. The summed E-state index contributed by atoms with van der Waals surface area (Å²) in [4.78, 5) is 76.1. The summed E-state index contributed by atoms with van der Waals surface area (Å²) in [5, 5.41) is 0. The van der Waals surface area contributed by atoms with E-state index in [0.29, 0.717) is 127 Å². The van der Waals surface area contributed by atoms with Gasteiger partial charge in [-0.25, -0.2) is 0 Å². The van der Waals surface area contributed by atoms with Crippen molar-refractivity contribution in [3.8, 4) is 34.5 Å². The van der Waals surface area contributed by atoms with Gasteiger partial charge in [-0.1, -0.05) is 148 Å². The van der Waals surface area contributed by atoms with Gasteiger partial charge in [0.2, 0.25) is 0 Å². The first kappa shape index (κ1) is 60.4. The van der Waals surface area contributed by atoms with E-state index in [4.69, 9.17) is 28.4 Å². The van der Waals surface area contributed by atoms with Crippen LogP contribution in [0.2, 0.25) is 0 Å². The largest absolute Gasteiger partial charge is 0.486 e. The summed E-state index contributed by atoms with van der Waals surface area (Å²) >= 11 is 0. The summed E-state index contributed by atoms with van der Waals surface area (Å²) in [7, 11) is 0. The molecule has 0 saturated carbocycles. The topological polar surface area (TPSA) is 158 Å². The van der Waals surface area contributed by atoms with Crippen LogP contribution in [-0.4, -0.2) is 74.3 Å². The second-order valence-corrected chi connectivity index (χ2v) is 16.3. The molecule has 3 aliphatic heterocycles. The van der Waals surface area contributed by atoms with E-state index in [9.17, 15) is 28.8 Å². The average molecular weight is 1010 g/mol. The number of carbonyl (C=O) groups excluding carboxylic acids is 6. The van der Waals surface area contributed by atoms with Gasteiger partial charge < -0.3 is 28.4 Å². The molecule has 1 unspecified atom stereocenters. The van der Waals surface area contributed by atoms with Crippen LogP contribution >= 0.6 is 0 Å². The number of hydrogen-bond donors (Lipinski definition) is 0. The number of fused-ring (bicyclic) bond motifs is 3. The number of rotatable bonds is 15. The molecular formula is C62H72O12. The van der Waals surface area contributed by atoms with Crippen LogP contribution in [0.15, 0.2) is 146 Å². The lowest BCUT2D eigenvalue weighted by Crippen LogP contribution is -2.38. The van der Waals surface area contributed by atoms with Crippen LogP contribution in [0.1, 0.15) is 145 Å². The zero-order chi connectivity index (χ0) is 50.8. The van der Waals surface area contributed by atoms with Crippen LogP contribution in [-0.2, 0) is 0 Å². The van der Waals surface area contributed by atoms with E-state index in [1.807, 2.05) is 65.0 Å². The quantitative estimate of drug-likeness (QED) is 0.0709. The predicted octanol–water partition coefficient (Wildman–Crippen LogP) is 13.7. The molecule has 0 radical (unpaired) electrons. The van der Waals surface area contributed by atoms with Gasteiger partial charge in [0.25, 0.3) is 0 Å². The highest BCUT2D eigenvalue weighted by Gasteiger charge is 2.43. The molecular weight excluding hydrogens is 937 g/mol. The van der Waals surface area contributed by atoms with Crippen LogP contribution in [0.5, 0.6) is 34.5 Å². The fourth-order valence-electron chi connectivity index (χ4n) is 8.20. The molecule has 392 valence electrons. The summed E-state index contributed by atoms with van der Waals surface area (Å²) in [6.45, 7) is 12.5. The van der Waals surface area contributed by atoms with Gasteiger partial charge >= 0.3 is 0 Å². The fourth-order valence-corrected chi connectivity index (χ4v) is 8.20. The Hall–Kier alpha value is -7.86. The van der Waals surface area contributed by atoms with Crippen molar-refractivity contribution in [3.63, 3.8) is 0 Å². The molecule has 0 aliphatic carbocycles. The maximum atomic E-state index is 13.3. The third-order valence-electron chi connectivity index (χ3n) is 12.1. The maximum Gasteiger partial charge on any atom is 0.176 e. The van der Waals surface area contributed by atoms with Crippen molar-refractivity contribution in [1.29, 1.82) is 0 Å². The molecule has 1 atom stereocenters. The molecule has 0 N–H and O–H groups in total. The molecule has 3 heterocycles. The van der Waals surface area contributed by atoms with Crippen LogP contribution in [0.3, 0.4) is 0 Å². The second-order valence-electron chi connectivity index (χ2n) is 16.3. The molecule has 9 rings (SSSR count). The Balaban J connectivity index is 0.000000283. The molecule has 6 aromatic rings. The molecule has 0 bridgehead atoms. The first-order valence-electron chi connectivity index (χ1n) is 24.1. The lowest BCUT2D eigenvalue weighted by atomic mass is 9.70. The van der Waals surface area contributed by atoms with E-state index in [0.717, 1.165) is 0 Å². The zero-order valence-corrected chi connectivity index (χ0v) is 40.9. The first-order chi connectivity index (χ1) is 34.6. The Morgan fingerprint density at radius 2 is 0.716 bits per heavy atom. The predicted molar refractivity (Wildman–Crippen MR) is 291 cm³/mol. The summed E-state index contributed by atoms with van der Waals surface area (Å²) in [5.41, 5.74) is 2.03. The normalized spacial score (nSPS) is 12.6. The average Bonchev–Trinajstić information content (AvgIpc) is 3.44. The smallest absolute Gasteiger partial charge is 0.176 e. The number of ether oxygens (including phenoxy) is 6. The van der Waals surface area contributed by atoms with E-state index < -0.39 is 11.3 Å². The summed E-state index contributed by atoms with van der Waals surface area (Å²) in [6.07, 6.45) is 1.21. The van der Waals surface area contributed by atoms with Crippen LogP contribution < -0.4 is 28.4 Å². The summed E-state index contributed by atoms with van der Waals surface area (Å²) < 4.78 is 32.9. The van der Waals surface area contributed by atoms with Crippen molar-refractivity contribution in [3.05, 3.63) is 179 Å². The van der Waals surface area contributed by atoms with Gasteiger partial charge in [-0.2, -0.15) is 0 Å². The molecule has 0 aromatic heterocycles. The standard InChI is InChI=1S/C21H22O4.C19H18O4.C17H14O4.C2H6.3CH4/c1-3-21(4-2,19(22)15-8-6-5-7-9-15)20(23)16-10-11-17-18(14-16)25-13-12-24-17;1-2-15(18(20)13-6-4-3-5-7-13)19(21)14-8-9-16-17(12-14)23-11-10-22-16;18-14(12-4-2-1-3-5-12)11-15(19)13-6-7-16-17(10-13)21-9-8-20-16;1-2;;;/h5-11,14H,3-4,12-13H2,1-2H3;3-9,12,15H,2,10-11H2,1H3;1-7,10H,8-9,11H2;1-2H3;3*1H4. The van der Waals surface area contributed by atoms with Gasteiger partial charge in [-0.3, -0.25) is 28.8 Å². The highest BCUT2D eigenvalue weighted by Crippen LogP contribution is 2.39. The van der Waals surface area contributed by atoms with Crippen molar-refractivity contribution in [1.82, 2.24) is 0 Å². The third-order valence-corrected chi connectivity index (χ3v) is 12.1. The summed E-state index contributed by atoms with van der Waals surface area (Å²) in [6, 6.07) is 42.0. The Morgan fingerprint density at radius 3 is 1.15 bits per heavy atom. The van der Waals surface area contributed by atoms with Gasteiger partial charge in [0.1, 0.15) is 39.6 Å². The van der Waals surface area contributed by atoms with E-state index in [-0.39, 0.29) is 63.4 Å². The minimum absolute atomic E-state index is 0. The highest BCUT2D eigenvalue weighted by molar-refractivity contribution is 6.20. The zero-order valence-electron chi connectivity index (χ0n) is 40.9. The molecule has 0 saturated heterocycles. The van der Waals surface area contributed by atoms with Gasteiger partial charge in [-0.15, -0.1) is 0 Å². The van der Waals surface area contributed by atoms with Gasteiger partial charge in [0.05, 0.1) is 17.8 Å². The maximum absolute atomic E-state index is 13.3. The third kappa shape index (κ3) is 14.6. The molecule has 12 nitrogen and oxygen atoms in total. The second kappa shape index (κ2) is 29.6. The van der Waals surface area contributed by atoms with E-state index in [2.05, 4.69) is 0 Å². The fraction of sp³-hybridized carbons (Fsp3) is 0.323. The first-order valence-corrected chi connectivity index (χ1v) is 24.1. The van der Waals surface area contributed by atoms with Gasteiger partial charge in [0, 0.05) is 33.4 Å². The minimum Gasteiger partial charge on any atom is -0.486 e. The minimum atomic E-state index is -1.06. The summed E-state index contributed by atoms with van der Waals surface area (Å²) in [5.74, 6) is 1.87. The molecule has 3 aliphatic rings. The van der Waals surface area contributed by atoms with Crippen molar-refractivity contribution in [2.75, 3.05) is 39.6 Å². The number of Topliss-reactive ketones (excluding diaryl/α,β-unsaturated/α-hetero) is 6. The lowest BCUT2D eigenvalue weighted by Gasteiger charge is -2.29. The number of hydrogen-bond acceptors (Lipinski definition) is 12. The van der Waals surface area contributed by atoms with Crippen molar-refractivity contribution in [2.45, 2.75) is 82.6 Å². The van der Waals surface area contributed by atoms with Gasteiger partial charge in [0.15, 0.2) is 69.2 Å². The molecule has 12 heteroatoms. The van der Waals surface area contributed by atoms with E-state index in [1.165, 1.54) is 0 Å². The molecule has 74 heavy (non-hydrogen) atoms. The molecule has 6 aromatic carbocycles. The van der Waals surface area contributed by atoms with Crippen molar-refractivity contribution in [2.24, 2.45) is 11.3 Å². The highest BCUT2D eigenvalue weighted by atomic mass is 16.6. The molecule has 0 amide bonds. The van der Waals surface area contributed by atoms with Crippen LogP contribution in [0.4, 0.5) is 0 Å². The number of benzene rings is 6.